The normalized spacial score (nSPS) is 16.4. The maximum atomic E-state index is 4.41. The summed E-state index contributed by atoms with van der Waals surface area (Å²) >= 11 is 0. The third kappa shape index (κ3) is 2.23. The zero-order valence-corrected chi connectivity index (χ0v) is 12.0. The van der Waals surface area contributed by atoms with Crippen LogP contribution in [-0.2, 0) is 0 Å². The van der Waals surface area contributed by atoms with Crippen molar-refractivity contribution in [3.63, 3.8) is 0 Å². The highest BCUT2D eigenvalue weighted by atomic mass is 15.3. The highest BCUT2D eigenvalue weighted by molar-refractivity contribution is 5.93. The molecular weight excluding hydrogens is 258 g/mol. The summed E-state index contributed by atoms with van der Waals surface area (Å²) < 4.78 is 0. The van der Waals surface area contributed by atoms with Crippen LogP contribution >= 0.6 is 0 Å². The summed E-state index contributed by atoms with van der Waals surface area (Å²) in [6, 6.07) is 15.0. The van der Waals surface area contributed by atoms with E-state index in [4.69, 9.17) is 0 Å². The summed E-state index contributed by atoms with van der Waals surface area (Å²) in [6.45, 7) is 0. The van der Waals surface area contributed by atoms with Crippen molar-refractivity contribution in [2.45, 2.75) is 38.0 Å². The predicted octanol–water partition coefficient (Wildman–Crippen LogP) is 4.67. The number of hydrogen-bond donors (Lipinski definition) is 1. The second kappa shape index (κ2) is 5.32. The molecule has 1 N–H and O–H groups in total. The van der Waals surface area contributed by atoms with Gasteiger partial charge in [-0.15, -0.1) is 0 Å². The molecule has 106 valence electrons. The minimum atomic E-state index is 0.662. The minimum absolute atomic E-state index is 0.662. The summed E-state index contributed by atoms with van der Waals surface area (Å²) in [6.07, 6.45) is 6.65. The van der Waals surface area contributed by atoms with E-state index >= 15 is 0 Å². The Morgan fingerprint density at radius 3 is 2.48 bits per heavy atom. The second-order valence-electron chi connectivity index (χ2n) is 5.92. The Labute approximate surface area is 124 Å². The van der Waals surface area contributed by atoms with Crippen molar-refractivity contribution >= 4 is 11.0 Å². The average Bonchev–Trinajstić information content (AvgIpc) is 3.04. The van der Waals surface area contributed by atoms with E-state index in [9.17, 15) is 0 Å². The first kappa shape index (κ1) is 12.6. The average molecular weight is 277 g/mol. The number of hydrogen-bond acceptors (Lipinski definition) is 2. The van der Waals surface area contributed by atoms with E-state index in [2.05, 4.69) is 57.9 Å². The van der Waals surface area contributed by atoms with Gasteiger partial charge in [0.25, 0.3) is 0 Å². The van der Waals surface area contributed by atoms with Crippen LogP contribution < -0.4 is 0 Å². The molecule has 1 aromatic heterocycles. The Morgan fingerprint density at radius 2 is 1.67 bits per heavy atom. The molecule has 0 unspecified atom stereocenters. The molecule has 2 aromatic carbocycles. The summed E-state index contributed by atoms with van der Waals surface area (Å²) in [5.41, 5.74) is 5.92. The van der Waals surface area contributed by atoms with Crippen LogP contribution in [0, 0.1) is 0 Å². The molecule has 3 aromatic rings. The molecule has 3 heteroatoms. The van der Waals surface area contributed by atoms with Gasteiger partial charge in [-0.1, -0.05) is 55.7 Å². The van der Waals surface area contributed by atoms with Crippen LogP contribution in [0.15, 0.2) is 42.5 Å². The van der Waals surface area contributed by atoms with Crippen molar-refractivity contribution in [2.24, 2.45) is 0 Å². The lowest BCUT2D eigenvalue weighted by Gasteiger charge is -2.24. The fraction of sp³-hybridized carbons (Fsp3) is 0.333. The zero-order chi connectivity index (χ0) is 14.1. The van der Waals surface area contributed by atoms with Crippen molar-refractivity contribution in [2.75, 3.05) is 0 Å². The highest BCUT2D eigenvalue weighted by Crippen LogP contribution is 2.40. The van der Waals surface area contributed by atoms with Crippen molar-refractivity contribution < 1.29 is 0 Å². The van der Waals surface area contributed by atoms with Gasteiger partial charge < -0.3 is 0 Å². The molecule has 1 fully saturated rings. The Morgan fingerprint density at radius 1 is 0.857 bits per heavy atom. The van der Waals surface area contributed by atoms with Crippen LogP contribution in [0.1, 0.15) is 43.6 Å². The number of aromatic nitrogens is 3. The van der Waals surface area contributed by atoms with Gasteiger partial charge in [-0.25, -0.2) is 0 Å². The smallest absolute Gasteiger partial charge is 0.121 e. The maximum absolute atomic E-state index is 4.41. The van der Waals surface area contributed by atoms with Gasteiger partial charge in [-0.05, 0) is 36.0 Å². The molecule has 0 aliphatic heterocycles. The third-order valence-electron chi connectivity index (χ3n) is 4.63. The molecule has 0 saturated heterocycles. The van der Waals surface area contributed by atoms with Gasteiger partial charge in [-0.2, -0.15) is 15.4 Å². The molecular formula is C18H19N3. The van der Waals surface area contributed by atoms with Crippen LogP contribution in [0.5, 0.6) is 0 Å². The number of fused-ring (bicyclic) bond motifs is 1. The van der Waals surface area contributed by atoms with Crippen LogP contribution in [0.3, 0.4) is 0 Å². The molecule has 3 nitrogen and oxygen atoms in total. The molecule has 21 heavy (non-hydrogen) atoms. The Kier molecular flexibility index (Phi) is 3.18. The largest absolute Gasteiger partial charge is 0.197 e. The van der Waals surface area contributed by atoms with E-state index < -0.39 is 0 Å². The summed E-state index contributed by atoms with van der Waals surface area (Å²) in [4.78, 5) is 0. The van der Waals surface area contributed by atoms with E-state index in [1.54, 1.807) is 0 Å². The number of nitrogens with zero attached hydrogens (tertiary/aromatic N) is 2. The lowest BCUT2D eigenvalue weighted by atomic mass is 9.80. The number of benzene rings is 2. The maximum Gasteiger partial charge on any atom is 0.121 e. The topological polar surface area (TPSA) is 41.6 Å². The van der Waals surface area contributed by atoms with E-state index in [0.29, 0.717) is 5.92 Å². The molecule has 0 atom stereocenters. The molecule has 1 aliphatic rings. The molecule has 0 bridgehead atoms. The summed E-state index contributed by atoms with van der Waals surface area (Å²) in [5.74, 6) is 0.662. The Balaban J connectivity index is 1.93. The SMILES string of the molecule is c1ccc(-c2c(C3CCCCC3)ccc3n[nH]nc23)cc1. The standard InChI is InChI=1S/C18H19N3/c1-3-7-13(8-4-1)15-11-12-16-18(20-21-19-16)17(15)14-9-5-2-6-10-14/h2,5-6,9-13H,1,3-4,7-8H2,(H,19,20,21). The number of aromatic amines is 1. The number of nitrogens with one attached hydrogen (secondary N) is 1. The predicted molar refractivity (Wildman–Crippen MR) is 85.2 cm³/mol. The van der Waals surface area contributed by atoms with Crippen LogP contribution in [0.4, 0.5) is 0 Å². The molecule has 1 heterocycles. The van der Waals surface area contributed by atoms with Gasteiger partial charge in [-0.3, -0.25) is 0 Å². The van der Waals surface area contributed by atoms with Gasteiger partial charge >= 0.3 is 0 Å². The Bertz CT molecular complexity index is 740. The molecule has 1 saturated carbocycles. The van der Waals surface area contributed by atoms with Crippen LogP contribution in [-0.4, -0.2) is 15.4 Å². The van der Waals surface area contributed by atoms with Crippen molar-refractivity contribution in [1.82, 2.24) is 15.4 Å². The van der Waals surface area contributed by atoms with E-state index in [1.165, 1.54) is 48.8 Å². The zero-order valence-electron chi connectivity index (χ0n) is 12.0. The first-order valence-electron chi connectivity index (χ1n) is 7.82. The molecule has 4 rings (SSSR count). The van der Waals surface area contributed by atoms with Crippen molar-refractivity contribution in [3.8, 4) is 11.1 Å². The molecule has 0 amide bonds. The number of rotatable bonds is 2. The Hall–Kier alpha value is -2.16. The minimum Gasteiger partial charge on any atom is -0.197 e. The van der Waals surface area contributed by atoms with E-state index in [1.807, 2.05) is 0 Å². The van der Waals surface area contributed by atoms with Crippen molar-refractivity contribution in [1.29, 1.82) is 0 Å². The van der Waals surface area contributed by atoms with Gasteiger partial charge in [0.2, 0.25) is 0 Å². The van der Waals surface area contributed by atoms with Gasteiger partial charge in [0.1, 0.15) is 11.0 Å². The van der Waals surface area contributed by atoms with Crippen LogP contribution in [0.25, 0.3) is 22.2 Å². The van der Waals surface area contributed by atoms with Gasteiger partial charge in [0.05, 0.1) is 0 Å². The second-order valence-corrected chi connectivity index (χ2v) is 5.92. The molecule has 1 aliphatic carbocycles. The lowest BCUT2D eigenvalue weighted by molar-refractivity contribution is 0.444. The summed E-state index contributed by atoms with van der Waals surface area (Å²) in [7, 11) is 0. The van der Waals surface area contributed by atoms with Crippen LogP contribution in [0.2, 0.25) is 0 Å². The quantitative estimate of drug-likeness (QED) is 0.739. The fourth-order valence-corrected chi connectivity index (χ4v) is 3.59. The highest BCUT2D eigenvalue weighted by Gasteiger charge is 2.21. The lowest BCUT2D eigenvalue weighted by Crippen LogP contribution is -2.06. The number of H-pyrrole nitrogens is 1. The first-order valence-corrected chi connectivity index (χ1v) is 7.82. The van der Waals surface area contributed by atoms with E-state index in [0.717, 1.165) is 11.0 Å². The third-order valence-corrected chi connectivity index (χ3v) is 4.63. The fourth-order valence-electron chi connectivity index (χ4n) is 3.59. The monoisotopic (exact) mass is 277 g/mol. The summed E-state index contributed by atoms with van der Waals surface area (Å²) in [5, 5.41) is 11.4. The van der Waals surface area contributed by atoms with Crippen molar-refractivity contribution in [3.05, 3.63) is 48.0 Å². The van der Waals surface area contributed by atoms with E-state index in [-0.39, 0.29) is 0 Å². The van der Waals surface area contributed by atoms with Gasteiger partial charge in [0, 0.05) is 5.56 Å². The first-order chi connectivity index (χ1) is 10.4. The van der Waals surface area contributed by atoms with Gasteiger partial charge in [0.15, 0.2) is 0 Å². The molecule has 0 spiro atoms. The molecule has 0 radical (unpaired) electrons.